The summed E-state index contributed by atoms with van der Waals surface area (Å²) >= 11 is 0. The van der Waals surface area contributed by atoms with Crippen molar-refractivity contribution in [3.8, 4) is 0 Å². The van der Waals surface area contributed by atoms with E-state index in [1.165, 1.54) is 37.5 Å². The average molecular weight is 302 g/mol. The summed E-state index contributed by atoms with van der Waals surface area (Å²) in [6.45, 7) is 2.39. The Balaban J connectivity index is 2.09. The van der Waals surface area contributed by atoms with Gasteiger partial charge in [-0.05, 0) is 49.4 Å². The van der Waals surface area contributed by atoms with Crippen LogP contribution in [0.5, 0.6) is 0 Å². The number of benzene rings is 1. The molecule has 1 saturated carbocycles. The van der Waals surface area contributed by atoms with Gasteiger partial charge in [-0.2, -0.15) is 0 Å². The standard InChI is InChI=1S/C13H16ClNO3S/c1-9-7-11(19(14,17)18)5-6-12(9)13(16)15-8-10-3-2-4-10/h5-7,10H,2-4,8H2,1H3,(H,15,16). The molecule has 0 aliphatic heterocycles. The molecule has 1 amide bonds. The molecule has 0 radical (unpaired) electrons. The highest BCUT2D eigenvalue weighted by Gasteiger charge is 2.19. The predicted molar refractivity (Wildman–Crippen MR) is 73.9 cm³/mol. The van der Waals surface area contributed by atoms with Crippen molar-refractivity contribution in [2.75, 3.05) is 6.54 Å². The average Bonchev–Trinajstić information content (AvgIpc) is 2.25. The summed E-state index contributed by atoms with van der Waals surface area (Å²) in [4.78, 5) is 12.0. The maximum absolute atomic E-state index is 12.0. The second kappa shape index (κ2) is 5.51. The van der Waals surface area contributed by atoms with Crippen molar-refractivity contribution in [2.24, 2.45) is 5.92 Å². The highest BCUT2D eigenvalue weighted by Crippen LogP contribution is 2.25. The van der Waals surface area contributed by atoms with Gasteiger partial charge in [0, 0.05) is 22.8 Å². The summed E-state index contributed by atoms with van der Waals surface area (Å²) in [5.74, 6) is 0.426. The molecule has 0 unspecified atom stereocenters. The van der Waals surface area contributed by atoms with Crippen LogP contribution in [0.3, 0.4) is 0 Å². The monoisotopic (exact) mass is 301 g/mol. The Bertz CT molecular complexity index is 594. The third-order valence-corrected chi connectivity index (χ3v) is 4.85. The van der Waals surface area contributed by atoms with Gasteiger partial charge in [-0.1, -0.05) is 6.42 Å². The molecule has 1 aliphatic carbocycles. The number of carbonyl (C=O) groups is 1. The molecular formula is C13H16ClNO3S. The van der Waals surface area contributed by atoms with E-state index in [9.17, 15) is 13.2 Å². The fourth-order valence-electron chi connectivity index (χ4n) is 2.07. The Kier molecular flexibility index (Phi) is 4.16. The van der Waals surface area contributed by atoms with E-state index in [1.54, 1.807) is 6.92 Å². The van der Waals surface area contributed by atoms with Gasteiger partial charge >= 0.3 is 0 Å². The first-order chi connectivity index (χ1) is 8.88. The molecule has 0 saturated heterocycles. The smallest absolute Gasteiger partial charge is 0.261 e. The molecule has 1 N–H and O–H groups in total. The SMILES string of the molecule is Cc1cc(S(=O)(=O)Cl)ccc1C(=O)NCC1CCC1. The van der Waals surface area contributed by atoms with Crippen LogP contribution in [0, 0.1) is 12.8 Å². The number of carbonyl (C=O) groups excluding carboxylic acids is 1. The summed E-state index contributed by atoms with van der Waals surface area (Å²) < 4.78 is 22.4. The summed E-state index contributed by atoms with van der Waals surface area (Å²) in [6, 6.07) is 4.27. The van der Waals surface area contributed by atoms with E-state index in [0.717, 1.165) is 0 Å². The van der Waals surface area contributed by atoms with Gasteiger partial charge in [0.05, 0.1) is 4.90 Å². The number of hydrogen-bond acceptors (Lipinski definition) is 3. The van der Waals surface area contributed by atoms with Gasteiger partial charge in [-0.3, -0.25) is 4.79 Å². The van der Waals surface area contributed by atoms with Gasteiger partial charge in [-0.15, -0.1) is 0 Å². The van der Waals surface area contributed by atoms with Gasteiger partial charge in [0.2, 0.25) is 0 Å². The van der Waals surface area contributed by atoms with Gasteiger partial charge in [0.15, 0.2) is 0 Å². The first-order valence-electron chi connectivity index (χ1n) is 6.21. The number of nitrogens with one attached hydrogen (secondary N) is 1. The van der Waals surface area contributed by atoms with Crippen LogP contribution in [-0.4, -0.2) is 20.9 Å². The van der Waals surface area contributed by atoms with Crippen molar-refractivity contribution in [3.63, 3.8) is 0 Å². The molecule has 0 spiro atoms. The highest BCUT2D eigenvalue weighted by molar-refractivity contribution is 8.13. The van der Waals surface area contributed by atoms with E-state index in [4.69, 9.17) is 10.7 Å². The van der Waals surface area contributed by atoms with E-state index in [-0.39, 0.29) is 10.8 Å². The second-order valence-corrected chi connectivity index (χ2v) is 7.49. The predicted octanol–water partition coefficient (Wildman–Crippen LogP) is 2.45. The molecule has 1 fully saturated rings. The van der Waals surface area contributed by atoms with E-state index in [1.807, 2.05) is 0 Å². The van der Waals surface area contributed by atoms with Crippen LogP contribution in [0.25, 0.3) is 0 Å². The molecule has 0 heterocycles. The molecule has 19 heavy (non-hydrogen) atoms. The lowest BCUT2D eigenvalue weighted by atomic mass is 9.85. The minimum absolute atomic E-state index is 0.0159. The van der Waals surface area contributed by atoms with Gasteiger partial charge in [-0.25, -0.2) is 8.42 Å². The van der Waals surface area contributed by atoms with Crippen LogP contribution >= 0.6 is 10.7 Å². The minimum Gasteiger partial charge on any atom is -0.352 e. The van der Waals surface area contributed by atoms with E-state index in [0.29, 0.717) is 23.6 Å². The zero-order chi connectivity index (χ0) is 14.0. The van der Waals surface area contributed by atoms with Gasteiger partial charge < -0.3 is 5.32 Å². The maximum atomic E-state index is 12.0. The van der Waals surface area contributed by atoms with Crippen LogP contribution in [0.1, 0.15) is 35.2 Å². The molecule has 1 aromatic carbocycles. The van der Waals surface area contributed by atoms with Crippen LogP contribution < -0.4 is 5.32 Å². The van der Waals surface area contributed by atoms with E-state index >= 15 is 0 Å². The maximum Gasteiger partial charge on any atom is 0.261 e. The topological polar surface area (TPSA) is 63.2 Å². The lowest BCUT2D eigenvalue weighted by molar-refractivity contribution is 0.0938. The fraction of sp³-hybridized carbons (Fsp3) is 0.462. The first-order valence-corrected chi connectivity index (χ1v) is 8.52. The van der Waals surface area contributed by atoms with Crippen molar-refractivity contribution < 1.29 is 13.2 Å². The highest BCUT2D eigenvalue weighted by atomic mass is 35.7. The third-order valence-electron chi connectivity index (χ3n) is 3.50. The quantitative estimate of drug-likeness (QED) is 0.869. The van der Waals surface area contributed by atoms with Crippen LogP contribution in [-0.2, 0) is 9.05 Å². The molecule has 2 rings (SSSR count). The van der Waals surface area contributed by atoms with Crippen LogP contribution in [0.4, 0.5) is 0 Å². The molecule has 0 bridgehead atoms. The first kappa shape index (κ1) is 14.3. The minimum atomic E-state index is -3.75. The largest absolute Gasteiger partial charge is 0.352 e. The lowest BCUT2D eigenvalue weighted by Gasteiger charge is -2.25. The molecule has 1 aromatic rings. The molecule has 0 atom stereocenters. The summed E-state index contributed by atoms with van der Waals surface area (Å²) in [5, 5.41) is 2.88. The molecule has 6 heteroatoms. The van der Waals surface area contributed by atoms with Crippen molar-refractivity contribution in [2.45, 2.75) is 31.1 Å². The third kappa shape index (κ3) is 3.48. The van der Waals surface area contributed by atoms with Crippen LogP contribution in [0.15, 0.2) is 23.1 Å². The number of aryl methyl sites for hydroxylation is 1. The Hall–Kier alpha value is -1.07. The van der Waals surface area contributed by atoms with E-state index < -0.39 is 9.05 Å². The molecular weight excluding hydrogens is 286 g/mol. The number of halogens is 1. The van der Waals surface area contributed by atoms with Crippen molar-refractivity contribution in [1.29, 1.82) is 0 Å². The number of rotatable bonds is 4. The second-order valence-electron chi connectivity index (χ2n) is 4.92. The van der Waals surface area contributed by atoms with Crippen molar-refractivity contribution >= 4 is 25.6 Å². The van der Waals surface area contributed by atoms with Crippen molar-refractivity contribution in [3.05, 3.63) is 29.3 Å². The molecule has 0 aromatic heterocycles. The Labute approximate surface area is 117 Å². The van der Waals surface area contributed by atoms with Crippen LogP contribution in [0.2, 0.25) is 0 Å². The molecule has 4 nitrogen and oxygen atoms in total. The number of amides is 1. The lowest BCUT2D eigenvalue weighted by Crippen LogP contribution is -2.32. The zero-order valence-electron chi connectivity index (χ0n) is 10.6. The summed E-state index contributed by atoms with van der Waals surface area (Å²) in [5.41, 5.74) is 1.09. The number of hydrogen-bond donors (Lipinski definition) is 1. The summed E-state index contributed by atoms with van der Waals surface area (Å²) in [7, 11) is 1.52. The van der Waals surface area contributed by atoms with Gasteiger partial charge in [0.25, 0.3) is 15.0 Å². The van der Waals surface area contributed by atoms with Crippen molar-refractivity contribution in [1.82, 2.24) is 5.32 Å². The fourth-order valence-corrected chi connectivity index (χ4v) is 2.91. The van der Waals surface area contributed by atoms with E-state index in [2.05, 4.69) is 5.32 Å². The molecule has 104 valence electrons. The Morgan fingerprint density at radius 1 is 1.42 bits per heavy atom. The Morgan fingerprint density at radius 2 is 2.11 bits per heavy atom. The molecule has 1 aliphatic rings. The summed E-state index contributed by atoms with van der Waals surface area (Å²) in [6.07, 6.45) is 3.58. The van der Waals surface area contributed by atoms with Gasteiger partial charge in [0.1, 0.15) is 0 Å². The normalized spacial score (nSPS) is 15.9. The Morgan fingerprint density at radius 3 is 2.58 bits per heavy atom. The zero-order valence-corrected chi connectivity index (χ0v) is 12.2.